The van der Waals surface area contributed by atoms with E-state index < -0.39 is 51.1 Å². The fourth-order valence-electron chi connectivity index (χ4n) is 5.93. The zero-order valence-corrected chi connectivity index (χ0v) is 29.6. The monoisotopic (exact) mass is 720 g/mol. The number of hydrogen-bond donors (Lipinski definition) is 1. The molecule has 0 saturated carbocycles. The van der Waals surface area contributed by atoms with Gasteiger partial charge in [0.2, 0.25) is 11.8 Å². The zero-order chi connectivity index (χ0) is 36.5. The lowest BCUT2D eigenvalue weighted by atomic mass is 10.0. The van der Waals surface area contributed by atoms with E-state index >= 15 is 4.39 Å². The molecule has 5 aromatic rings. The summed E-state index contributed by atoms with van der Waals surface area (Å²) in [7, 11) is -3.83. The van der Waals surface area contributed by atoms with Crippen LogP contribution in [0.5, 0.6) is 11.6 Å². The van der Waals surface area contributed by atoms with Crippen molar-refractivity contribution in [3.05, 3.63) is 89.3 Å². The van der Waals surface area contributed by atoms with Crippen molar-refractivity contribution < 1.29 is 36.0 Å². The highest BCUT2D eigenvalue weighted by molar-refractivity contribution is 7.89. The molecule has 0 spiro atoms. The number of piperidine rings is 1. The number of hydrogen-bond acceptors (Lipinski definition) is 11. The molecule has 12 nitrogen and oxygen atoms in total. The first kappa shape index (κ1) is 35.6. The fourth-order valence-corrected chi connectivity index (χ4v) is 7.35. The number of alkyl halides is 1. The molecule has 2 atom stereocenters. The van der Waals surface area contributed by atoms with Gasteiger partial charge in [0.25, 0.3) is 0 Å². The van der Waals surface area contributed by atoms with E-state index in [1.165, 1.54) is 17.0 Å². The van der Waals surface area contributed by atoms with E-state index in [2.05, 4.69) is 25.4 Å². The van der Waals surface area contributed by atoms with Gasteiger partial charge in [-0.1, -0.05) is 17.3 Å². The van der Waals surface area contributed by atoms with Crippen LogP contribution in [0.1, 0.15) is 49.8 Å². The van der Waals surface area contributed by atoms with Crippen molar-refractivity contribution in [3.8, 4) is 22.9 Å². The van der Waals surface area contributed by atoms with E-state index in [4.69, 9.17) is 14.0 Å². The number of nitrogens with zero attached hydrogens (tertiary/aromatic N) is 5. The maximum absolute atomic E-state index is 15.3. The number of anilines is 1. The number of rotatable bonds is 9. The van der Waals surface area contributed by atoms with Crippen molar-refractivity contribution >= 4 is 32.7 Å². The topological polar surface area (TPSA) is 150 Å². The first-order valence-electron chi connectivity index (χ1n) is 16.3. The third-order valence-corrected chi connectivity index (χ3v) is 9.56. The van der Waals surface area contributed by atoms with Gasteiger partial charge in [0.1, 0.15) is 29.1 Å². The van der Waals surface area contributed by atoms with E-state index in [-0.39, 0.29) is 42.6 Å². The Balaban J connectivity index is 1.26. The average Bonchev–Trinajstić information content (AvgIpc) is 3.46. The number of carbonyl (C=O) groups excluding carboxylic acids is 1. The van der Waals surface area contributed by atoms with Crippen molar-refractivity contribution in [2.75, 3.05) is 18.4 Å². The molecule has 0 bridgehead atoms. The van der Waals surface area contributed by atoms with E-state index in [0.717, 1.165) is 0 Å². The number of nitrogens with one attached hydrogen (secondary N) is 1. The van der Waals surface area contributed by atoms with Crippen molar-refractivity contribution in [1.82, 2.24) is 25.0 Å². The molecule has 268 valence electrons. The predicted molar refractivity (Wildman–Crippen MR) is 186 cm³/mol. The minimum atomic E-state index is -3.83. The Labute approximate surface area is 294 Å². The third kappa shape index (κ3) is 8.59. The maximum Gasteiger partial charge on any atom is 0.410 e. The molecule has 1 N–H and O–H groups in total. The molecule has 1 amide bonds. The smallest absolute Gasteiger partial charge is 0.410 e. The lowest BCUT2D eigenvalue weighted by Gasteiger charge is -2.36. The number of aryl methyl sites for hydroxylation is 2. The van der Waals surface area contributed by atoms with E-state index in [1.807, 2.05) is 6.92 Å². The minimum Gasteiger partial charge on any atom is -0.444 e. The van der Waals surface area contributed by atoms with Crippen LogP contribution >= 0.6 is 0 Å². The van der Waals surface area contributed by atoms with Crippen LogP contribution in [-0.4, -0.2) is 70.4 Å². The Bertz CT molecular complexity index is 2190. The molecule has 0 radical (unpaired) electrons. The highest BCUT2D eigenvalue weighted by Crippen LogP contribution is 2.38. The summed E-state index contributed by atoms with van der Waals surface area (Å²) >= 11 is 0. The van der Waals surface area contributed by atoms with Gasteiger partial charge in [-0.3, -0.25) is 0 Å². The summed E-state index contributed by atoms with van der Waals surface area (Å²) in [5.74, 6) is -0.380. The van der Waals surface area contributed by atoms with Gasteiger partial charge in [0.15, 0.2) is 9.84 Å². The van der Waals surface area contributed by atoms with Crippen LogP contribution < -0.4 is 10.1 Å². The minimum absolute atomic E-state index is 0.00814. The second-order valence-electron chi connectivity index (χ2n) is 13.6. The third-order valence-electron chi connectivity index (χ3n) is 8.10. The molecule has 51 heavy (non-hydrogen) atoms. The molecule has 3 aromatic heterocycles. The zero-order valence-electron chi connectivity index (χ0n) is 28.8. The average molecular weight is 721 g/mol. The summed E-state index contributed by atoms with van der Waals surface area (Å²) in [6.07, 6.45) is 1.39. The summed E-state index contributed by atoms with van der Waals surface area (Å²) in [6, 6.07) is 12.4. The SMILES string of the molecule is Cc1cc(CS(=O)(=O)Cc2c(F)ccc3c(Oc4ncccc4-c4ccnc(NC5CC(F)CN(C(=O)OC(C)(C)C)C5)n4)c(C)ccc23)no1. The number of benzene rings is 2. The number of halogens is 2. The van der Waals surface area contributed by atoms with Gasteiger partial charge in [-0.25, -0.2) is 36.9 Å². The molecular formula is C36H38F2N6O6S. The molecule has 15 heteroatoms. The summed E-state index contributed by atoms with van der Waals surface area (Å²) in [6.45, 7) is 8.87. The molecule has 1 saturated heterocycles. The molecule has 4 heterocycles. The molecule has 2 aromatic carbocycles. The Morgan fingerprint density at radius 3 is 2.57 bits per heavy atom. The van der Waals surface area contributed by atoms with E-state index in [9.17, 15) is 17.6 Å². The molecule has 1 fully saturated rings. The van der Waals surface area contributed by atoms with Gasteiger partial charge in [-0.15, -0.1) is 0 Å². The van der Waals surface area contributed by atoms with Crippen LogP contribution in [-0.2, 0) is 26.1 Å². The van der Waals surface area contributed by atoms with Crippen molar-refractivity contribution in [2.24, 2.45) is 0 Å². The Morgan fingerprint density at radius 1 is 1.04 bits per heavy atom. The first-order valence-corrected chi connectivity index (χ1v) is 18.1. The first-order chi connectivity index (χ1) is 24.1. The predicted octanol–water partition coefficient (Wildman–Crippen LogP) is 7.10. The van der Waals surface area contributed by atoms with Crippen LogP contribution in [0.2, 0.25) is 0 Å². The van der Waals surface area contributed by atoms with Gasteiger partial charge in [0, 0.05) is 48.4 Å². The summed E-state index contributed by atoms with van der Waals surface area (Å²) < 4.78 is 73.1. The number of aromatic nitrogens is 4. The Morgan fingerprint density at radius 2 is 1.82 bits per heavy atom. The highest BCUT2D eigenvalue weighted by Gasteiger charge is 2.33. The standard InChI is InChI=1S/C36H38F2N6O6S/c1-21-8-9-26-27(10-11-30(38)29(26)20-51(46,47)19-25-15-22(2)50-43-25)32(21)48-33-28(7-6-13-39-33)31-12-14-40-34(42-31)41-24-16-23(37)17-44(18-24)35(45)49-36(3,4)5/h6-15,23-24H,16-20H2,1-5H3,(H,40,41,42). The number of fused-ring (bicyclic) bond motifs is 1. The molecule has 0 aliphatic carbocycles. The second kappa shape index (κ2) is 14.2. The van der Waals surface area contributed by atoms with Crippen molar-refractivity contribution in [2.45, 2.75) is 70.4 Å². The number of likely N-dealkylation sites (tertiary alicyclic amines) is 1. The Kier molecular flexibility index (Phi) is 9.93. The van der Waals surface area contributed by atoms with Gasteiger partial charge in [-0.2, -0.15) is 0 Å². The molecule has 2 unspecified atom stereocenters. The molecule has 1 aliphatic rings. The highest BCUT2D eigenvalue weighted by atomic mass is 32.2. The summed E-state index contributed by atoms with van der Waals surface area (Å²) in [5, 5.41) is 7.79. The summed E-state index contributed by atoms with van der Waals surface area (Å²) in [5.41, 5.74) is 1.20. The molecular weight excluding hydrogens is 682 g/mol. The van der Waals surface area contributed by atoms with Gasteiger partial charge in [0.05, 0.1) is 35.0 Å². The second-order valence-corrected chi connectivity index (χ2v) is 15.6. The van der Waals surface area contributed by atoms with Crippen LogP contribution in [0, 0.1) is 19.7 Å². The number of sulfone groups is 1. The van der Waals surface area contributed by atoms with Crippen molar-refractivity contribution in [1.29, 1.82) is 0 Å². The van der Waals surface area contributed by atoms with Gasteiger partial charge < -0.3 is 24.2 Å². The molecule has 6 rings (SSSR count). The number of pyridine rings is 1. The van der Waals surface area contributed by atoms with E-state index in [0.29, 0.717) is 39.1 Å². The lowest BCUT2D eigenvalue weighted by molar-refractivity contribution is 0.0124. The van der Waals surface area contributed by atoms with E-state index in [1.54, 1.807) is 76.5 Å². The van der Waals surface area contributed by atoms with Crippen LogP contribution in [0.25, 0.3) is 22.0 Å². The van der Waals surface area contributed by atoms with Crippen LogP contribution in [0.4, 0.5) is 19.5 Å². The van der Waals surface area contributed by atoms with Crippen molar-refractivity contribution in [3.63, 3.8) is 0 Å². The normalized spacial score (nSPS) is 16.6. The van der Waals surface area contributed by atoms with Gasteiger partial charge >= 0.3 is 6.09 Å². The Hall–Kier alpha value is -5.18. The number of amides is 1. The van der Waals surface area contributed by atoms with Crippen LogP contribution in [0.15, 0.2) is 65.4 Å². The fraction of sp³-hybridized carbons (Fsp3) is 0.361. The summed E-state index contributed by atoms with van der Waals surface area (Å²) in [4.78, 5) is 27.4. The largest absolute Gasteiger partial charge is 0.444 e. The maximum atomic E-state index is 15.3. The number of carbonyl (C=O) groups is 1. The van der Waals surface area contributed by atoms with Crippen LogP contribution in [0.3, 0.4) is 0 Å². The lowest BCUT2D eigenvalue weighted by Crippen LogP contribution is -2.51. The van der Waals surface area contributed by atoms with Gasteiger partial charge in [-0.05, 0) is 75.9 Å². The molecule has 1 aliphatic heterocycles. The number of ether oxygens (including phenoxy) is 2. The quantitative estimate of drug-likeness (QED) is 0.166.